The van der Waals surface area contributed by atoms with Crippen molar-refractivity contribution in [3.05, 3.63) is 206 Å². The quantitative estimate of drug-likeness (QED) is 0.164. The predicted octanol–water partition coefficient (Wildman–Crippen LogP) is 15.8. The summed E-state index contributed by atoms with van der Waals surface area (Å²) < 4.78 is 6.38. The van der Waals surface area contributed by atoms with Crippen molar-refractivity contribution in [1.29, 1.82) is 0 Å². The van der Waals surface area contributed by atoms with Crippen molar-refractivity contribution in [2.75, 3.05) is 0 Å². The molecule has 0 unspecified atom stereocenters. The monoisotopic (exact) mass is 774 g/mol. The molecule has 0 spiro atoms. The topological polar surface area (TPSA) is 38.9 Å². The zero-order valence-corrected chi connectivity index (χ0v) is 32.9. The third kappa shape index (κ3) is 5.38. The van der Waals surface area contributed by atoms with Crippen molar-refractivity contribution < 1.29 is 4.42 Å². The van der Waals surface area contributed by atoms with Crippen LogP contribution in [0.1, 0.15) is 0 Å². The van der Waals surface area contributed by atoms with Crippen LogP contribution in [0, 0.1) is 0 Å². The summed E-state index contributed by atoms with van der Waals surface area (Å²) in [4.78, 5) is 10.4. The van der Waals surface area contributed by atoms with Crippen molar-refractivity contribution >= 4 is 54.3 Å². The Labute approximate surface area is 351 Å². The minimum atomic E-state index is 0.697. The number of benzene rings is 10. The molecule has 0 aliphatic heterocycles. The molecule has 0 amide bonds. The van der Waals surface area contributed by atoms with Gasteiger partial charge in [0.2, 0.25) is 0 Å². The van der Waals surface area contributed by atoms with E-state index < -0.39 is 0 Å². The third-order valence-electron chi connectivity index (χ3n) is 12.6. The lowest BCUT2D eigenvalue weighted by molar-refractivity contribution is 0.669. The zero-order chi connectivity index (χ0) is 40.0. The van der Waals surface area contributed by atoms with Gasteiger partial charge in [-0.3, -0.25) is 0 Å². The molecule has 61 heavy (non-hydrogen) atoms. The SMILES string of the molecule is c1ccc(-c2cc(-c3ccc4ccc5ccccc5c4c3)nc(-c3cccc(-c4ccc(-c5ccc6c(c5)-c5cccc7c5c-6cc5oc6ccccc6c57)cc4)c3)n2)cc1. The van der Waals surface area contributed by atoms with E-state index in [9.17, 15) is 0 Å². The number of para-hydroxylation sites is 1. The predicted molar refractivity (Wildman–Crippen MR) is 253 cm³/mol. The van der Waals surface area contributed by atoms with Gasteiger partial charge in [0.1, 0.15) is 11.2 Å². The maximum atomic E-state index is 6.38. The molecular formula is C58H34N2O. The molecule has 0 radical (unpaired) electrons. The van der Waals surface area contributed by atoms with Crippen LogP contribution in [-0.2, 0) is 0 Å². The number of aromatic nitrogens is 2. The van der Waals surface area contributed by atoms with Gasteiger partial charge in [0, 0.05) is 27.5 Å². The summed E-state index contributed by atoms with van der Waals surface area (Å²) in [7, 11) is 0. The van der Waals surface area contributed by atoms with Crippen LogP contribution in [0.2, 0.25) is 0 Å². The van der Waals surface area contributed by atoms with Crippen molar-refractivity contribution in [3.8, 4) is 78.4 Å². The number of furan rings is 1. The molecule has 3 heteroatoms. The van der Waals surface area contributed by atoms with Crippen LogP contribution in [0.15, 0.2) is 211 Å². The lowest BCUT2D eigenvalue weighted by Crippen LogP contribution is -1.96. The van der Waals surface area contributed by atoms with Crippen LogP contribution in [0.3, 0.4) is 0 Å². The number of fused-ring (bicyclic) bond motifs is 10. The number of rotatable bonds is 5. The third-order valence-corrected chi connectivity index (χ3v) is 12.6. The van der Waals surface area contributed by atoms with Crippen LogP contribution in [-0.4, -0.2) is 9.97 Å². The van der Waals surface area contributed by atoms with E-state index in [4.69, 9.17) is 14.4 Å². The van der Waals surface area contributed by atoms with Crippen LogP contribution < -0.4 is 0 Å². The average molecular weight is 775 g/mol. The van der Waals surface area contributed by atoms with Gasteiger partial charge in [-0.1, -0.05) is 170 Å². The van der Waals surface area contributed by atoms with Gasteiger partial charge >= 0.3 is 0 Å². The molecule has 0 saturated heterocycles. The van der Waals surface area contributed by atoms with Gasteiger partial charge in [0.05, 0.1) is 11.4 Å². The molecule has 10 aromatic carbocycles. The van der Waals surface area contributed by atoms with E-state index in [-0.39, 0.29) is 0 Å². The molecule has 0 fully saturated rings. The highest BCUT2D eigenvalue weighted by molar-refractivity contribution is 6.28. The minimum absolute atomic E-state index is 0.697. The van der Waals surface area contributed by atoms with Crippen molar-refractivity contribution in [3.63, 3.8) is 0 Å². The Balaban J connectivity index is 0.859. The summed E-state index contributed by atoms with van der Waals surface area (Å²) in [5.74, 6) is 0.697. The first-order chi connectivity index (χ1) is 30.2. The molecule has 1 aliphatic rings. The van der Waals surface area contributed by atoms with Crippen molar-refractivity contribution in [1.82, 2.24) is 9.97 Å². The maximum absolute atomic E-state index is 6.38. The maximum Gasteiger partial charge on any atom is 0.160 e. The zero-order valence-electron chi connectivity index (χ0n) is 32.9. The number of hydrogen-bond acceptors (Lipinski definition) is 3. The Morgan fingerprint density at radius 2 is 0.902 bits per heavy atom. The molecule has 12 aromatic rings. The van der Waals surface area contributed by atoms with Gasteiger partial charge in [-0.15, -0.1) is 0 Å². The largest absolute Gasteiger partial charge is 0.456 e. The summed E-state index contributed by atoms with van der Waals surface area (Å²) >= 11 is 0. The first kappa shape index (κ1) is 33.8. The summed E-state index contributed by atoms with van der Waals surface area (Å²) in [6, 6.07) is 73.8. The molecule has 1 aliphatic carbocycles. The Morgan fingerprint density at radius 1 is 0.279 bits per heavy atom. The van der Waals surface area contributed by atoms with Gasteiger partial charge in [0.15, 0.2) is 5.82 Å². The van der Waals surface area contributed by atoms with Gasteiger partial charge in [-0.05, 0) is 113 Å². The average Bonchev–Trinajstić information content (AvgIpc) is 3.87. The first-order valence-corrected chi connectivity index (χ1v) is 20.8. The Bertz CT molecular complexity index is 3750. The lowest BCUT2D eigenvalue weighted by Gasteiger charge is -2.12. The molecule has 282 valence electrons. The molecule has 2 heterocycles. The summed E-state index contributed by atoms with van der Waals surface area (Å²) in [6.45, 7) is 0. The molecular weight excluding hydrogens is 741 g/mol. The van der Waals surface area contributed by atoms with Crippen LogP contribution in [0.4, 0.5) is 0 Å². The second-order valence-electron chi connectivity index (χ2n) is 16.1. The smallest absolute Gasteiger partial charge is 0.160 e. The minimum Gasteiger partial charge on any atom is -0.456 e. The number of hydrogen-bond donors (Lipinski definition) is 0. The first-order valence-electron chi connectivity index (χ1n) is 20.8. The highest BCUT2D eigenvalue weighted by atomic mass is 16.3. The van der Waals surface area contributed by atoms with Gasteiger partial charge in [-0.25, -0.2) is 9.97 Å². The van der Waals surface area contributed by atoms with Crippen molar-refractivity contribution in [2.24, 2.45) is 0 Å². The van der Waals surface area contributed by atoms with Crippen molar-refractivity contribution in [2.45, 2.75) is 0 Å². The van der Waals surface area contributed by atoms with E-state index in [0.717, 1.165) is 55.8 Å². The molecule has 2 aromatic heterocycles. The molecule has 0 saturated carbocycles. The van der Waals surface area contributed by atoms with Crippen LogP contribution in [0.5, 0.6) is 0 Å². The van der Waals surface area contributed by atoms with Gasteiger partial charge in [-0.2, -0.15) is 0 Å². The molecule has 0 atom stereocenters. The molecule has 0 N–H and O–H groups in total. The summed E-state index contributed by atoms with van der Waals surface area (Å²) in [6.07, 6.45) is 0. The fraction of sp³-hybridized carbons (Fsp3) is 0. The van der Waals surface area contributed by atoms with E-state index in [1.807, 2.05) is 12.1 Å². The van der Waals surface area contributed by atoms with E-state index >= 15 is 0 Å². The van der Waals surface area contributed by atoms with E-state index in [1.54, 1.807) is 0 Å². The van der Waals surface area contributed by atoms with Gasteiger partial charge < -0.3 is 4.42 Å². The Hall–Kier alpha value is -8.14. The highest BCUT2D eigenvalue weighted by Gasteiger charge is 2.25. The summed E-state index contributed by atoms with van der Waals surface area (Å²) in [5.41, 5.74) is 16.4. The molecule has 3 nitrogen and oxygen atoms in total. The summed E-state index contributed by atoms with van der Waals surface area (Å²) in [5, 5.41) is 9.80. The lowest BCUT2D eigenvalue weighted by atomic mass is 9.95. The standard InChI is InChI=1S/C58H34N2O/c1-2-11-39(12-3-1)52-34-53(42-27-26-38-25-24-37-10-4-5-15-44(37)49(38)32-42)60-58(59-52)43-14-8-13-40(30-43)35-20-22-36(23-21-35)41-28-29-45-50(31-41)46-17-9-18-48-56(46)51(45)33-55-57(48)47-16-6-7-19-54(47)61-55/h1-34H. The highest BCUT2D eigenvalue weighted by Crippen LogP contribution is 2.51. The molecule has 0 bridgehead atoms. The second-order valence-corrected chi connectivity index (χ2v) is 16.1. The fourth-order valence-corrected chi connectivity index (χ4v) is 9.65. The normalized spacial score (nSPS) is 11.9. The van der Waals surface area contributed by atoms with Crippen LogP contribution in [0.25, 0.3) is 133 Å². The second kappa shape index (κ2) is 13.2. The molecule has 13 rings (SSSR count). The van der Waals surface area contributed by atoms with E-state index in [0.29, 0.717) is 5.82 Å². The fourth-order valence-electron chi connectivity index (χ4n) is 9.65. The van der Waals surface area contributed by atoms with Crippen LogP contribution >= 0.6 is 0 Å². The Morgan fingerprint density at radius 3 is 1.75 bits per heavy atom. The van der Waals surface area contributed by atoms with E-state index in [1.165, 1.54) is 71.1 Å². The Kier molecular flexibility index (Phi) is 7.31. The van der Waals surface area contributed by atoms with Gasteiger partial charge in [0.25, 0.3) is 0 Å². The van der Waals surface area contributed by atoms with E-state index in [2.05, 4.69) is 194 Å². The number of nitrogens with zero attached hydrogens (tertiary/aromatic N) is 2.